The third-order valence-corrected chi connectivity index (χ3v) is 4.21. The van der Waals surface area contributed by atoms with Gasteiger partial charge in [-0.05, 0) is 31.0 Å². The van der Waals surface area contributed by atoms with Crippen LogP contribution in [0.4, 0.5) is 0 Å². The molecule has 0 saturated carbocycles. The van der Waals surface area contributed by atoms with Crippen molar-refractivity contribution in [1.29, 1.82) is 0 Å². The summed E-state index contributed by atoms with van der Waals surface area (Å²) in [5.41, 5.74) is 0.0528. The Morgan fingerprint density at radius 3 is 2.55 bits per heavy atom. The normalized spacial score (nSPS) is 10.6. The fraction of sp³-hybridized carbons (Fsp3) is 0.429. The number of carbonyl (C=O) groups excluding carboxylic acids is 1. The number of nitrogens with one attached hydrogen (secondary N) is 1. The molecule has 6 heteroatoms. The molecule has 1 rings (SSSR count). The van der Waals surface area contributed by atoms with E-state index in [1.165, 1.54) is 23.9 Å². The zero-order valence-electron chi connectivity index (χ0n) is 11.5. The summed E-state index contributed by atoms with van der Waals surface area (Å²) in [6.07, 6.45) is 1.80. The van der Waals surface area contributed by atoms with Gasteiger partial charge in [0.15, 0.2) is 0 Å². The Balaban J connectivity index is 2.60. The lowest BCUT2D eigenvalue weighted by molar-refractivity contribution is -0.119. The zero-order chi connectivity index (χ0) is 15.1. The topological polar surface area (TPSA) is 66.4 Å². The number of carbonyl (C=O) groups is 2. The lowest BCUT2D eigenvalue weighted by Crippen LogP contribution is -2.34. The molecule has 0 spiro atoms. The number of carboxylic acid groups (broad SMARTS) is 1. The molecule has 4 nitrogen and oxygen atoms in total. The van der Waals surface area contributed by atoms with E-state index in [-0.39, 0.29) is 28.3 Å². The minimum absolute atomic E-state index is 0.0458. The van der Waals surface area contributed by atoms with Crippen molar-refractivity contribution in [3.8, 4) is 0 Å². The second-order valence-corrected chi connectivity index (χ2v) is 5.77. The Morgan fingerprint density at radius 2 is 2.00 bits per heavy atom. The molecule has 2 N–H and O–H groups in total. The van der Waals surface area contributed by atoms with Gasteiger partial charge in [0.25, 0.3) is 0 Å². The van der Waals surface area contributed by atoms with Crippen LogP contribution in [0.1, 0.15) is 37.0 Å². The van der Waals surface area contributed by atoms with Crippen molar-refractivity contribution in [3.05, 3.63) is 28.8 Å². The van der Waals surface area contributed by atoms with Gasteiger partial charge in [-0.2, -0.15) is 0 Å². The molecule has 0 aliphatic carbocycles. The maximum atomic E-state index is 11.8. The molecule has 110 valence electrons. The van der Waals surface area contributed by atoms with E-state index in [0.29, 0.717) is 4.90 Å². The highest BCUT2D eigenvalue weighted by Gasteiger charge is 2.12. The van der Waals surface area contributed by atoms with Crippen molar-refractivity contribution in [2.24, 2.45) is 0 Å². The zero-order valence-corrected chi connectivity index (χ0v) is 13.1. The summed E-state index contributed by atoms with van der Waals surface area (Å²) in [5.74, 6) is -0.855. The molecule has 0 aromatic heterocycles. The molecule has 0 bridgehead atoms. The van der Waals surface area contributed by atoms with E-state index in [1.807, 2.05) is 13.8 Å². The molecule has 0 heterocycles. The van der Waals surface area contributed by atoms with E-state index in [4.69, 9.17) is 16.7 Å². The number of hydrogen-bond donors (Lipinski definition) is 2. The second-order valence-electron chi connectivity index (χ2n) is 4.32. The van der Waals surface area contributed by atoms with Gasteiger partial charge in [0.1, 0.15) is 0 Å². The van der Waals surface area contributed by atoms with Crippen molar-refractivity contribution in [3.63, 3.8) is 0 Å². The quantitative estimate of drug-likeness (QED) is 0.756. The van der Waals surface area contributed by atoms with Crippen molar-refractivity contribution >= 4 is 35.2 Å². The minimum Gasteiger partial charge on any atom is -0.478 e. The van der Waals surface area contributed by atoms with Gasteiger partial charge < -0.3 is 10.4 Å². The predicted molar refractivity (Wildman–Crippen MR) is 81.6 cm³/mol. The highest BCUT2D eigenvalue weighted by atomic mass is 35.5. The summed E-state index contributed by atoms with van der Waals surface area (Å²) in [5, 5.41) is 12.1. The van der Waals surface area contributed by atoms with Crippen LogP contribution in [0.2, 0.25) is 5.02 Å². The molecule has 0 radical (unpaired) electrons. The number of benzene rings is 1. The number of thioether (sulfide) groups is 1. The van der Waals surface area contributed by atoms with Crippen LogP contribution in [0.3, 0.4) is 0 Å². The fourth-order valence-electron chi connectivity index (χ4n) is 1.67. The molecular weight excluding hydrogens is 298 g/mol. The van der Waals surface area contributed by atoms with Crippen molar-refractivity contribution in [2.45, 2.75) is 37.6 Å². The third kappa shape index (κ3) is 5.06. The van der Waals surface area contributed by atoms with Crippen LogP contribution in [0, 0.1) is 0 Å². The molecule has 0 unspecified atom stereocenters. The van der Waals surface area contributed by atoms with E-state index < -0.39 is 5.97 Å². The first-order valence-electron chi connectivity index (χ1n) is 6.42. The van der Waals surface area contributed by atoms with Gasteiger partial charge in [-0.3, -0.25) is 4.79 Å². The van der Waals surface area contributed by atoms with Gasteiger partial charge in [-0.15, -0.1) is 11.8 Å². The molecule has 20 heavy (non-hydrogen) atoms. The number of carboxylic acids is 1. The molecule has 0 saturated heterocycles. The third-order valence-electron chi connectivity index (χ3n) is 2.89. The maximum Gasteiger partial charge on any atom is 0.337 e. The highest BCUT2D eigenvalue weighted by molar-refractivity contribution is 8.00. The van der Waals surface area contributed by atoms with Crippen LogP contribution in [0.25, 0.3) is 0 Å². The van der Waals surface area contributed by atoms with Crippen molar-refractivity contribution < 1.29 is 14.7 Å². The standard InChI is InChI=1S/C14H18ClNO3S/c1-3-9(4-2)16-13(17)8-20-10-5-6-12(15)11(7-10)14(18)19/h5-7,9H,3-4,8H2,1-2H3,(H,16,17)(H,18,19). The molecule has 0 aliphatic heterocycles. The fourth-order valence-corrected chi connectivity index (χ4v) is 2.61. The summed E-state index contributed by atoms with van der Waals surface area (Å²) in [6, 6.07) is 4.93. The number of aromatic carboxylic acids is 1. The first-order chi connectivity index (χ1) is 9.47. The minimum atomic E-state index is -1.07. The Morgan fingerprint density at radius 1 is 1.35 bits per heavy atom. The first-order valence-corrected chi connectivity index (χ1v) is 7.79. The molecule has 1 aromatic rings. The van der Waals surface area contributed by atoms with Crippen molar-refractivity contribution in [1.82, 2.24) is 5.32 Å². The summed E-state index contributed by atoms with van der Waals surface area (Å²) < 4.78 is 0. The van der Waals surface area contributed by atoms with Gasteiger partial charge >= 0.3 is 5.97 Å². The van der Waals surface area contributed by atoms with E-state index in [0.717, 1.165) is 12.8 Å². The van der Waals surface area contributed by atoms with Gasteiger partial charge in [0.05, 0.1) is 16.3 Å². The van der Waals surface area contributed by atoms with Crippen LogP contribution >= 0.6 is 23.4 Å². The Bertz CT molecular complexity index is 489. The number of hydrogen-bond acceptors (Lipinski definition) is 3. The lowest BCUT2D eigenvalue weighted by atomic mass is 10.2. The van der Waals surface area contributed by atoms with Crippen molar-refractivity contribution in [2.75, 3.05) is 5.75 Å². The second kappa shape index (κ2) is 8.17. The van der Waals surface area contributed by atoms with Gasteiger partial charge in [-0.1, -0.05) is 25.4 Å². The smallest absolute Gasteiger partial charge is 0.337 e. The molecule has 0 atom stereocenters. The average molecular weight is 316 g/mol. The molecule has 0 fully saturated rings. The number of halogens is 1. The Kier molecular flexibility index (Phi) is 6.88. The van der Waals surface area contributed by atoms with E-state index >= 15 is 0 Å². The number of amides is 1. The lowest BCUT2D eigenvalue weighted by Gasteiger charge is -2.14. The Hall–Kier alpha value is -1.20. The van der Waals surface area contributed by atoms with Gasteiger partial charge in [0, 0.05) is 10.9 Å². The molecule has 0 aliphatic rings. The van der Waals surface area contributed by atoms with Gasteiger partial charge in [-0.25, -0.2) is 4.79 Å². The summed E-state index contributed by atoms with van der Waals surface area (Å²) in [7, 11) is 0. The van der Waals surface area contributed by atoms with E-state index in [2.05, 4.69) is 5.32 Å². The number of rotatable bonds is 7. The van der Waals surface area contributed by atoms with Crippen LogP contribution < -0.4 is 5.32 Å². The van der Waals surface area contributed by atoms with Crippen LogP contribution in [-0.4, -0.2) is 28.8 Å². The average Bonchev–Trinajstić information content (AvgIpc) is 2.43. The largest absolute Gasteiger partial charge is 0.478 e. The highest BCUT2D eigenvalue weighted by Crippen LogP contribution is 2.24. The maximum absolute atomic E-state index is 11.8. The molecule has 1 aromatic carbocycles. The van der Waals surface area contributed by atoms with E-state index in [9.17, 15) is 9.59 Å². The van der Waals surface area contributed by atoms with Crippen LogP contribution in [0.15, 0.2) is 23.1 Å². The first kappa shape index (κ1) is 16.9. The van der Waals surface area contributed by atoms with E-state index in [1.54, 1.807) is 6.07 Å². The van der Waals surface area contributed by atoms with Crippen LogP contribution in [0.5, 0.6) is 0 Å². The monoisotopic (exact) mass is 315 g/mol. The Labute approximate surface area is 127 Å². The SMILES string of the molecule is CCC(CC)NC(=O)CSc1ccc(Cl)c(C(=O)O)c1. The summed E-state index contributed by atoms with van der Waals surface area (Å²) in [4.78, 5) is 23.4. The predicted octanol–water partition coefficient (Wildman–Crippen LogP) is 3.44. The summed E-state index contributed by atoms with van der Waals surface area (Å²) >= 11 is 7.09. The van der Waals surface area contributed by atoms with Crippen LogP contribution in [-0.2, 0) is 4.79 Å². The van der Waals surface area contributed by atoms with Gasteiger partial charge in [0.2, 0.25) is 5.91 Å². The molecular formula is C14H18ClNO3S. The molecule has 1 amide bonds. The summed E-state index contributed by atoms with van der Waals surface area (Å²) in [6.45, 7) is 4.06.